The topological polar surface area (TPSA) is 148 Å². The summed E-state index contributed by atoms with van der Waals surface area (Å²) in [5, 5.41) is 14.4. The molecule has 0 fully saturated rings. The van der Waals surface area contributed by atoms with Crippen LogP contribution in [0.1, 0.15) is 42.4 Å². The number of anilines is 1. The molecule has 1 unspecified atom stereocenters. The molecule has 11 nitrogen and oxygen atoms in total. The van der Waals surface area contributed by atoms with Gasteiger partial charge in [-0.25, -0.2) is 9.78 Å². The van der Waals surface area contributed by atoms with Crippen molar-refractivity contribution in [1.29, 1.82) is 0 Å². The fourth-order valence-electron chi connectivity index (χ4n) is 3.22. The molecule has 1 atom stereocenters. The van der Waals surface area contributed by atoms with Crippen molar-refractivity contribution < 1.29 is 33.7 Å². The first kappa shape index (κ1) is 24.5. The molecule has 2 aromatic rings. The van der Waals surface area contributed by atoms with Gasteiger partial charge in [0.2, 0.25) is 0 Å². The Bertz CT molecular complexity index is 1090. The van der Waals surface area contributed by atoms with E-state index in [4.69, 9.17) is 19.3 Å². The number of carboxylic acid groups (broad SMARTS) is 1. The fourth-order valence-corrected chi connectivity index (χ4v) is 3.22. The maximum atomic E-state index is 12.5. The zero-order valence-corrected chi connectivity index (χ0v) is 19.0. The third-order valence-electron chi connectivity index (χ3n) is 5.03. The average molecular weight is 470 g/mol. The maximum absolute atomic E-state index is 12.5. The zero-order chi connectivity index (χ0) is 24.7. The van der Waals surface area contributed by atoms with E-state index in [9.17, 15) is 14.4 Å². The Morgan fingerprint density at radius 3 is 2.68 bits per heavy atom. The minimum Gasteiger partial charge on any atom is -0.496 e. The van der Waals surface area contributed by atoms with Gasteiger partial charge in [0.05, 0.1) is 20.3 Å². The molecule has 1 aliphatic heterocycles. The second kappa shape index (κ2) is 10.6. The molecule has 180 valence electrons. The third-order valence-corrected chi connectivity index (χ3v) is 5.03. The van der Waals surface area contributed by atoms with Crippen molar-refractivity contribution in [2.45, 2.75) is 31.9 Å². The van der Waals surface area contributed by atoms with Gasteiger partial charge in [-0.05, 0) is 38.1 Å². The number of methoxy groups -OCH3 is 1. The Labute approximate surface area is 196 Å². The summed E-state index contributed by atoms with van der Waals surface area (Å²) in [5.74, 6) is -2.24. The summed E-state index contributed by atoms with van der Waals surface area (Å²) in [7, 11) is 1.50. The summed E-state index contributed by atoms with van der Waals surface area (Å²) in [4.78, 5) is 43.9. The highest BCUT2D eigenvalue weighted by Gasteiger charge is 2.26. The molecule has 34 heavy (non-hydrogen) atoms. The van der Waals surface area contributed by atoms with Crippen molar-refractivity contribution in [2.75, 3.05) is 25.6 Å². The zero-order valence-electron chi connectivity index (χ0n) is 19.0. The van der Waals surface area contributed by atoms with Crippen molar-refractivity contribution >= 4 is 29.9 Å². The minimum atomic E-state index is -1.20. The summed E-state index contributed by atoms with van der Waals surface area (Å²) in [6.45, 7) is 4.03. The standard InChI is InChI=1S/C23H26N4O7/c1-23(2,8-10-33-16-5-4-9-25-19(16)22(30)31)27-21(29)20(28)26-14-6-7-15(17(11-14)32-3)18-12-24-13-34-18/h4-7,9,11,13,18H,8,10,12H2,1-3H3,(H,26,28)(H,27,29)(H,30,31). The second-order valence-electron chi connectivity index (χ2n) is 8.10. The predicted octanol–water partition coefficient (Wildman–Crippen LogP) is 2.19. The van der Waals surface area contributed by atoms with Crippen molar-refractivity contribution in [3.8, 4) is 11.5 Å². The highest BCUT2D eigenvalue weighted by molar-refractivity contribution is 6.39. The lowest BCUT2D eigenvalue weighted by atomic mass is 10.0. The van der Waals surface area contributed by atoms with Crippen LogP contribution in [0.3, 0.4) is 0 Å². The Hall–Kier alpha value is -4.15. The van der Waals surface area contributed by atoms with E-state index in [1.807, 2.05) is 0 Å². The number of carbonyl (C=O) groups excluding carboxylic acids is 2. The first-order chi connectivity index (χ1) is 16.2. The quantitative estimate of drug-likeness (QED) is 0.472. The molecule has 2 amide bonds. The average Bonchev–Trinajstić information content (AvgIpc) is 3.33. The highest BCUT2D eigenvalue weighted by Crippen LogP contribution is 2.32. The number of hydrogen-bond donors (Lipinski definition) is 3. The summed E-state index contributed by atoms with van der Waals surface area (Å²) in [5.41, 5.74) is 0.167. The maximum Gasteiger partial charge on any atom is 0.358 e. The van der Waals surface area contributed by atoms with Crippen LogP contribution in [0.4, 0.5) is 5.69 Å². The number of hydrogen-bond acceptors (Lipinski definition) is 8. The molecular formula is C23H26N4O7. The Kier molecular flexibility index (Phi) is 7.67. The SMILES string of the molecule is COc1cc(NC(=O)C(=O)NC(C)(C)CCOc2cccnc2C(=O)O)ccc1C1CN=CO1. The molecule has 0 aliphatic carbocycles. The molecule has 3 rings (SSSR count). The Morgan fingerprint density at radius 1 is 1.21 bits per heavy atom. The van der Waals surface area contributed by atoms with Gasteiger partial charge in [-0.2, -0.15) is 0 Å². The van der Waals surface area contributed by atoms with E-state index < -0.39 is 23.3 Å². The molecule has 0 spiro atoms. The van der Waals surface area contributed by atoms with Crippen molar-refractivity contribution in [2.24, 2.45) is 4.99 Å². The van der Waals surface area contributed by atoms with Crippen LogP contribution in [0, 0.1) is 0 Å². The lowest BCUT2D eigenvalue weighted by molar-refractivity contribution is -0.137. The van der Waals surface area contributed by atoms with E-state index in [2.05, 4.69) is 20.6 Å². The molecule has 0 saturated heterocycles. The number of aromatic nitrogens is 1. The molecular weight excluding hydrogens is 444 g/mol. The molecule has 3 N–H and O–H groups in total. The van der Waals surface area contributed by atoms with Crippen LogP contribution in [0.25, 0.3) is 0 Å². The van der Waals surface area contributed by atoms with Crippen molar-refractivity contribution in [1.82, 2.24) is 10.3 Å². The minimum absolute atomic E-state index is 0.104. The number of aliphatic imine (C=N–C) groups is 1. The van der Waals surface area contributed by atoms with E-state index in [1.165, 1.54) is 25.8 Å². The number of ether oxygens (including phenoxy) is 3. The highest BCUT2D eigenvalue weighted by atomic mass is 16.5. The number of benzene rings is 1. The van der Waals surface area contributed by atoms with E-state index >= 15 is 0 Å². The number of amides is 2. The van der Waals surface area contributed by atoms with E-state index in [0.29, 0.717) is 24.4 Å². The van der Waals surface area contributed by atoms with Crippen LogP contribution in [0.5, 0.6) is 11.5 Å². The normalized spacial score (nSPS) is 14.7. The fraction of sp³-hybridized carbons (Fsp3) is 0.348. The first-order valence-electron chi connectivity index (χ1n) is 10.5. The lowest BCUT2D eigenvalue weighted by Gasteiger charge is -2.26. The molecule has 0 bridgehead atoms. The van der Waals surface area contributed by atoms with Gasteiger partial charge in [-0.3, -0.25) is 14.6 Å². The number of nitrogens with zero attached hydrogens (tertiary/aromatic N) is 2. The van der Waals surface area contributed by atoms with Crippen LogP contribution in [0.2, 0.25) is 0 Å². The molecule has 2 heterocycles. The summed E-state index contributed by atoms with van der Waals surface area (Å²) >= 11 is 0. The summed E-state index contributed by atoms with van der Waals surface area (Å²) in [6, 6.07) is 8.07. The smallest absolute Gasteiger partial charge is 0.358 e. The van der Waals surface area contributed by atoms with Gasteiger partial charge in [-0.1, -0.05) is 0 Å². The van der Waals surface area contributed by atoms with Crippen LogP contribution >= 0.6 is 0 Å². The van der Waals surface area contributed by atoms with Crippen LogP contribution in [-0.2, 0) is 14.3 Å². The Balaban J connectivity index is 1.54. The molecule has 1 aliphatic rings. The third kappa shape index (κ3) is 6.21. The lowest BCUT2D eigenvalue weighted by Crippen LogP contribution is -2.48. The van der Waals surface area contributed by atoms with E-state index in [-0.39, 0.29) is 24.2 Å². The second-order valence-corrected chi connectivity index (χ2v) is 8.10. The number of rotatable bonds is 9. The number of aromatic carboxylic acids is 1. The van der Waals surface area contributed by atoms with Gasteiger partial charge < -0.3 is 30.0 Å². The van der Waals surface area contributed by atoms with E-state index in [0.717, 1.165) is 5.56 Å². The van der Waals surface area contributed by atoms with Gasteiger partial charge in [0.25, 0.3) is 0 Å². The van der Waals surface area contributed by atoms with Gasteiger partial charge in [0, 0.05) is 35.5 Å². The molecule has 1 aromatic carbocycles. The van der Waals surface area contributed by atoms with Crippen LogP contribution in [-0.4, -0.2) is 60.1 Å². The van der Waals surface area contributed by atoms with Gasteiger partial charge in [0.1, 0.15) is 11.9 Å². The van der Waals surface area contributed by atoms with E-state index in [1.54, 1.807) is 38.1 Å². The van der Waals surface area contributed by atoms with Gasteiger partial charge >= 0.3 is 17.8 Å². The number of pyridine rings is 1. The molecule has 11 heteroatoms. The summed E-state index contributed by atoms with van der Waals surface area (Å²) < 4.78 is 16.3. The largest absolute Gasteiger partial charge is 0.496 e. The Morgan fingerprint density at radius 2 is 2.00 bits per heavy atom. The first-order valence-corrected chi connectivity index (χ1v) is 10.5. The van der Waals surface area contributed by atoms with Crippen molar-refractivity contribution in [3.63, 3.8) is 0 Å². The molecule has 1 aromatic heterocycles. The van der Waals surface area contributed by atoms with Crippen LogP contribution in [0.15, 0.2) is 41.5 Å². The number of carbonyl (C=O) groups is 3. The monoisotopic (exact) mass is 470 g/mol. The molecule has 0 radical (unpaired) electrons. The van der Waals surface area contributed by atoms with Crippen LogP contribution < -0.4 is 20.1 Å². The van der Waals surface area contributed by atoms with Gasteiger partial charge in [0.15, 0.2) is 17.8 Å². The van der Waals surface area contributed by atoms with Gasteiger partial charge in [-0.15, -0.1) is 0 Å². The summed E-state index contributed by atoms with van der Waals surface area (Å²) in [6.07, 6.45) is 2.80. The van der Waals surface area contributed by atoms with Crippen molar-refractivity contribution in [3.05, 3.63) is 47.8 Å². The number of carboxylic acids is 1. The molecule has 0 saturated carbocycles. The number of nitrogens with one attached hydrogen (secondary N) is 2. The predicted molar refractivity (Wildman–Crippen MR) is 122 cm³/mol.